The van der Waals surface area contributed by atoms with Gasteiger partial charge in [-0.3, -0.25) is 30.4 Å². The van der Waals surface area contributed by atoms with E-state index in [2.05, 4.69) is 5.32 Å². The normalized spacial score (nSPS) is 14.5. The Labute approximate surface area is 144 Å². The first-order valence-electron chi connectivity index (χ1n) is 6.25. The lowest BCUT2D eigenvalue weighted by Gasteiger charge is -2.20. The second-order valence-corrected chi connectivity index (χ2v) is 5.25. The highest BCUT2D eigenvalue weighted by atomic mass is 35.5. The minimum atomic E-state index is -1.81. The van der Waals surface area contributed by atoms with Crippen LogP contribution in [0.3, 0.4) is 0 Å². The quantitative estimate of drug-likeness (QED) is 0.369. The molecule has 0 atom stereocenters. The summed E-state index contributed by atoms with van der Waals surface area (Å²) in [5.41, 5.74) is 4.11. The zero-order chi connectivity index (χ0) is 17.9. The zero-order valence-electron chi connectivity index (χ0n) is 11.6. The molecule has 1 aliphatic heterocycles. The molecular weight excluding hydrogens is 365 g/mol. The van der Waals surface area contributed by atoms with Gasteiger partial charge in [-0.15, -0.1) is 0 Å². The van der Waals surface area contributed by atoms with E-state index in [0.717, 1.165) is 0 Å². The van der Waals surface area contributed by atoms with Gasteiger partial charge in [0.1, 0.15) is 0 Å². The minimum Gasteiger partial charge on any atom is -0.307 e. The van der Waals surface area contributed by atoms with Crippen molar-refractivity contribution in [1.29, 1.82) is 0 Å². The molecule has 0 spiro atoms. The summed E-state index contributed by atoms with van der Waals surface area (Å²) in [6.45, 7) is 0. The summed E-state index contributed by atoms with van der Waals surface area (Å²) in [6.07, 6.45) is 0. The maximum Gasteiger partial charge on any atom is 0.337 e. The number of urea groups is 2. The van der Waals surface area contributed by atoms with Gasteiger partial charge >= 0.3 is 12.1 Å². The van der Waals surface area contributed by atoms with Crippen LogP contribution in [-0.4, -0.2) is 29.8 Å². The first-order chi connectivity index (χ1) is 11.3. The van der Waals surface area contributed by atoms with Crippen molar-refractivity contribution >= 4 is 58.7 Å². The Morgan fingerprint density at radius 1 is 0.958 bits per heavy atom. The smallest absolute Gasteiger partial charge is 0.307 e. The lowest BCUT2D eigenvalue weighted by molar-refractivity contribution is -0.143. The fourth-order valence-electron chi connectivity index (χ4n) is 1.68. The van der Waals surface area contributed by atoms with Gasteiger partial charge in [-0.1, -0.05) is 23.2 Å². The van der Waals surface area contributed by atoms with Crippen molar-refractivity contribution in [2.24, 2.45) is 5.92 Å². The van der Waals surface area contributed by atoms with E-state index in [0.29, 0.717) is 5.02 Å². The lowest BCUT2D eigenvalue weighted by atomic mass is 10.1. The number of carbonyl (C=O) groups excluding carboxylic acids is 5. The van der Waals surface area contributed by atoms with Crippen LogP contribution < -0.4 is 26.8 Å². The van der Waals surface area contributed by atoms with Gasteiger partial charge in [-0.2, -0.15) is 0 Å². The highest BCUT2D eigenvalue weighted by Gasteiger charge is 2.40. The fourth-order valence-corrected chi connectivity index (χ4v) is 1.98. The Morgan fingerprint density at radius 3 is 2.17 bits per heavy atom. The van der Waals surface area contributed by atoms with Crippen LogP contribution >= 0.6 is 23.2 Å². The van der Waals surface area contributed by atoms with Crippen molar-refractivity contribution in [3.8, 4) is 0 Å². The first-order valence-corrected chi connectivity index (χ1v) is 7.01. The Kier molecular flexibility index (Phi) is 5.21. The summed E-state index contributed by atoms with van der Waals surface area (Å²) in [5.74, 6) is -5.14. The first kappa shape index (κ1) is 17.5. The van der Waals surface area contributed by atoms with Crippen LogP contribution in [0.1, 0.15) is 0 Å². The number of imide groups is 2. The number of rotatable bonds is 2. The number of anilines is 1. The number of barbiturate groups is 1. The molecule has 0 saturated carbocycles. The minimum absolute atomic E-state index is 0.207. The van der Waals surface area contributed by atoms with Crippen LogP contribution in [0.4, 0.5) is 15.3 Å². The van der Waals surface area contributed by atoms with Gasteiger partial charge in [-0.25, -0.2) is 15.0 Å². The molecule has 1 saturated heterocycles. The van der Waals surface area contributed by atoms with Gasteiger partial charge in [0.05, 0.1) is 10.0 Å². The SMILES string of the molecule is O=C1NC(=O)C(C(=O)NNC(=O)Nc2ccc(Cl)c(Cl)c2)C(=O)N1. The van der Waals surface area contributed by atoms with E-state index in [-0.39, 0.29) is 10.7 Å². The molecule has 1 aromatic rings. The van der Waals surface area contributed by atoms with Crippen molar-refractivity contribution in [1.82, 2.24) is 21.5 Å². The van der Waals surface area contributed by atoms with E-state index in [1.54, 1.807) is 10.6 Å². The summed E-state index contributed by atoms with van der Waals surface area (Å²) >= 11 is 11.5. The molecule has 1 heterocycles. The average molecular weight is 374 g/mol. The number of amides is 7. The summed E-state index contributed by atoms with van der Waals surface area (Å²) in [6, 6.07) is 2.39. The molecule has 2 rings (SSSR count). The van der Waals surface area contributed by atoms with E-state index in [4.69, 9.17) is 23.2 Å². The largest absolute Gasteiger partial charge is 0.337 e. The van der Waals surface area contributed by atoms with E-state index in [1.165, 1.54) is 18.2 Å². The third-order valence-electron chi connectivity index (χ3n) is 2.74. The molecule has 1 fully saturated rings. The predicted octanol–water partition coefficient (Wildman–Crippen LogP) is 0.128. The van der Waals surface area contributed by atoms with Gasteiger partial charge in [-0.05, 0) is 18.2 Å². The number of carbonyl (C=O) groups is 5. The zero-order valence-corrected chi connectivity index (χ0v) is 13.1. The average Bonchev–Trinajstić information content (AvgIpc) is 2.48. The molecule has 7 amide bonds. The summed E-state index contributed by atoms with van der Waals surface area (Å²) in [7, 11) is 0. The summed E-state index contributed by atoms with van der Waals surface area (Å²) < 4.78 is 0. The molecule has 12 heteroatoms. The van der Waals surface area contributed by atoms with E-state index >= 15 is 0 Å². The molecule has 10 nitrogen and oxygen atoms in total. The van der Waals surface area contributed by atoms with Crippen LogP contribution in [0, 0.1) is 5.92 Å². The number of hydrogen-bond donors (Lipinski definition) is 5. The van der Waals surface area contributed by atoms with Crippen LogP contribution in [0.15, 0.2) is 18.2 Å². The van der Waals surface area contributed by atoms with Gasteiger partial charge in [0.15, 0.2) is 5.92 Å². The third-order valence-corrected chi connectivity index (χ3v) is 3.48. The molecule has 1 aromatic carbocycles. The summed E-state index contributed by atoms with van der Waals surface area (Å²) in [5, 5.41) is 6.34. The number of nitrogens with one attached hydrogen (secondary N) is 5. The second-order valence-electron chi connectivity index (χ2n) is 4.44. The van der Waals surface area contributed by atoms with E-state index in [1.807, 2.05) is 10.9 Å². The van der Waals surface area contributed by atoms with Crippen molar-refractivity contribution < 1.29 is 24.0 Å². The van der Waals surface area contributed by atoms with Crippen molar-refractivity contribution in [2.75, 3.05) is 5.32 Å². The second kappa shape index (κ2) is 7.15. The molecule has 1 aliphatic rings. The summed E-state index contributed by atoms with van der Waals surface area (Å²) in [4.78, 5) is 57.2. The molecular formula is C12H9Cl2N5O5. The molecule has 0 bridgehead atoms. The third kappa shape index (κ3) is 4.12. The van der Waals surface area contributed by atoms with Crippen molar-refractivity contribution in [3.63, 3.8) is 0 Å². The van der Waals surface area contributed by atoms with Crippen LogP contribution in [0.25, 0.3) is 0 Å². The lowest BCUT2D eigenvalue weighted by Crippen LogP contribution is -2.61. The Morgan fingerprint density at radius 2 is 1.58 bits per heavy atom. The molecule has 0 aromatic heterocycles. The molecule has 0 radical (unpaired) electrons. The molecule has 0 unspecified atom stereocenters. The number of hydrazine groups is 1. The number of halogens is 2. The highest BCUT2D eigenvalue weighted by Crippen LogP contribution is 2.24. The van der Waals surface area contributed by atoms with Crippen LogP contribution in [0.2, 0.25) is 10.0 Å². The van der Waals surface area contributed by atoms with Crippen molar-refractivity contribution in [3.05, 3.63) is 28.2 Å². The van der Waals surface area contributed by atoms with Gasteiger partial charge < -0.3 is 5.32 Å². The maximum atomic E-state index is 11.8. The molecule has 5 N–H and O–H groups in total. The topological polar surface area (TPSA) is 146 Å². The van der Waals surface area contributed by atoms with Gasteiger partial charge in [0.25, 0.3) is 5.91 Å². The Balaban J connectivity index is 1.90. The molecule has 24 heavy (non-hydrogen) atoms. The van der Waals surface area contributed by atoms with Gasteiger partial charge in [0.2, 0.25) is 11.8 Å². The Hall–Kier alpha value is -2.85. The van der Waals surface area contributed by atoms with E-state index < -0.39 is 35.7 Å². The number of benzene rings is 1. The Bertz CT molecular complexity index is 733. The van der Waals surface area contributed by atoms with Gasteiger partial charge in [0, 0.05) is 5.69 Å². The number of hydrogen-bond acceptors (Lipinski definition) is 5. The molecule has 126 valence electrons. The predicted molar refractivity (Wildman–Crippen MR) is 81.9 cm³/mol. The monoisotopic (exact) mass is 373 g/mol. The van der Waals surface area contributed by atoms with Crippen molar-refractivity contribution in [2.45, 2.75) is 0 Å². The van der Waals surface area contributed by atoms with E-state index in [9.17, 15) is 24.0 Å². The standard InChI is InChI=1S/C12H9Cl2N5O5/c13-5-2-1-4(3-6(5)14)15-12(24)19-18-10(22)7-8(20)16-11(23)17-9(7)21/h1-3,7H,(H,18,22)(H2,15,19,24)(H2,16,17,20,21,23). The maximum absolute atomic E-state index is 11.8. The highest BCUT2D eigenvalue weighted by molar-refractivity contribution is 6.42. The van der Waals surface area contributed by atoms with Crippen LogP contribution in [-0.2, 0) is 14.4 Å². The fraction of sp³-hybridized carbons (Fsp3) is 0.0833. The molecule has 0 aliphatic carbocycles. The van der Waals surface area contributed by atoms with Crippen LogP contribution in [0.5, 0.6) is 0 Å².